The van der Waals surface area contributed by atoms with Gasteiger partial charge in [0.25, 0.3) is 5.91 Å². The van der Waals surface area contributed by atoms with E-state index in [1.165, 1.54) is 0 Å². The first kappa shape index (κ1) is 22.9. The number of ether oxygens (including phenoxy) is 1. The van der Waals surface area contributed by atoms with Crippen LogP contribution in [-0.2, 0) is 4.79 Å². The van der Waals surface area contributed by atoms with E-state index in [1.807, 2.05) is 46.3 Å². The number of nitrogens with zero attached hydrogens (tertiary/aromatic N) is 6. The number of tetrazole rings is 1. The summed E-state index contributed by atoms with van der Waals surface area (Å²) in [4.78, 5) is 30.5. The molecule has 188 valence electrons. The Kier molecular flexibility index (Phi) is 5.67. The number of benzene rings is 2. The number of methoxy groups -OCH3 is 1. The van der Waals surface area contributed by atoms with Gasteiger partial charge < -0.3 is 14.5 Å². The SMILES string of the molecule is COc1cc(N2CCC3(CCN(C(=O)c4ccc(-c5nn[nH]n5)cc4)CC3)C2=O)ccc1-c1cn[nH]c1. The summed E-state index contributed by atoms with van der Waals surface area (Å²) in [6, 6.07) is 13.0. The number of carbonyl (C=O) groups excluding carboxylic acids is 2. The fourth-order valence-electron chi connectivity index (χ4n) is 5.38. The van der Waals surface area contributed by atoms with Crippen molar-refractivity contribution in [3.63, 3.8) is 0 Å². The Balaban J connectivity index is 1.13. The van der Waals surface area contributed by atoms with E-state index in [0.717, 1.165) is 28.8 Å². The van der Waals surface area contributed by atoms with Crippen molar-refractivity contribution in [2.24, 2.45) is 5.41 Å². The van der Waals surface area contributed by atoms with Gasteiger partial charge in [-0.1, -0.05) is 12.1 Å². The molecule has 2 aromatic carbocycles. The lowest BCUT2D eigenvalue weighted by molar-refractivity contribution is -0.127. The summed E-state index contributed by atoms with van der Waals surface area (Å²) >= 11 is 0. The van der Waals surface area contributed by atoms with Crippen molar-refractivity contribution >= 4 is 17.5 Å². The number of aromatic amines is 2. The molecule has 2 saturated heterocycles. The number of likely N-dealkylation sites (tertiary alicyclic amines) is 1. The van der Waals surface area contributed by atoms with Crippen LogP contribution in [0.2, 0.25) is 0 Å². The zero-order valence-electron chi connectivity index (χ0n) is 20.3. The molecular weight excluding hydrogens is 472 g/mol. The highest BCUT2D eigenvalue weighted by molar-refractivity contribution is 6.01. The summed E-state index contributed by atoms with van der Waals surface area (Å²) in [5, 5.41) is 20.7. The van der Waals surface area contributed by atoms with Gasteiger partial charge in [0.2, 0.25) is 11.7 Å². The Bertz CT molecular complexity index is 1410. The first-order valence-corrected chi connectivity index (χ1v) is 12.2. The molecule has 6 rings (SSSR count). The number of amides is 2. The molecule has 2 aliphatic rings. The summed E-state index contributed by atoms with van der Waals surface area (Å²) in [7, 11) is 1.63. The van der Waals surface area contributed by atoms with Gasteiger partial charge in [0.05, 0.1) is 18.7 Å². The molecule has 11 heteroatoms. The average Bonchev–Trinajstić information content (AvgIpc) is 3.72. The second kappa shape index (κ2) is 9.16. The maximum absolute atomic E-state index is 13.6. The number of anilines is 1. The molecule has 0 atom stereocenters. The van der Waals surface area contributed by atoms with Gasteiger partial charge in [-0.3, -0.25) is 14.7 Å². The lowest BCUT2D eigenvalue weighted by Crippen LogP contribution is -2.46. The van der Waals surface area contributed by atoms with Crippen LogP contribution in [0.15, 0.2) is 54.9 Å². The molecule has 2 fully saturated rings. The molecule has 0 unspecified atom stereocenters. The number of aromatic nitrogens is 6. The van der Waals surface area contributed by atoms with E-state index in [2.05, 4.69) is 30.8 Å². The van der Waals surface area contributed by atoms with Crippen LogP contribution in [0.25, 0.3) is 22.5 Å². The lowest BCUT2D eigenvalue weighted by atomic mass is 9.77. The molecule has 2 aromatic heterocycles. The van der Waals surface area contributed by atoms with E-state index in [1.54, 1.807) is 25.4 Å². The number of piperidine rings is 1. The van der Waals surface area contributed by atoms with Gasteiger partial charge in [-0.2, -0.15) is 10.3 Å². The van der Waals surface area contributed by atoms with Crippen LogP contribution < -0.4 is 9.64 Å². The van der Waals surface area contributed by atoms with Gasteiger partial charge in [-0.15, -0.1) is 10.2 Å². The van der Waals surface area contributed by atoms with Crippen molar-refractivity contribution in [2.75, 3.05) is 31.6 Å². The summed E-state index contributed by atoms with van der Waals surface area (Å²) < 4.78 is 5.62. The number of hydrogen-bond donors (Lipinski definition) is 2. The standard InChI is InChI=1S/C26H26N8O3/c1-37-22-14-20(6-7-21(22)19-15-27-28-16-19)34-13-10-26(25(34)36)8-11-33(12-9-26)24(35)18-4-2-17(3-5-18)23-29-31-32-30-23/h2-7,14-16H,8-13H2,1H3,(H,27,28)(H,29,30,31,32). The highest BCUT2D eigenvalue weighted by Crippen LogP contribution is 2.44. The minimum Gasteiger partial charge on any atom is -0.496 e. The predicted molar refractivity (Wildman–Crippen MR) is 135 cm³/mol. The Labute approximate surface area is 212 Å². The summed E-state index contributed by atoms with van der Waals surface area (Å²) in [6.45, 7) is 1.75. The zero-order valence-corrected chi connectivity index (χ0v) is 20.3. The van der Waals surface area contributed by atoms with E-state index in [-0.39, 0.29) is 11.8 Å². The maximum atomic E-state index is 13.6. The number of rotatable bonds is 5. The van der Waals surface area contributed by atoms with Crippen molar-refractivity contribution < 1.29 is 14.3 Å². The van der Waals surface area contributed by atoms with Gasteiger partial charge in [0.1, 0.15) is 5.75 Å². The molecular formula is C26H26N8O3. The first-order chi connectivity index (χ1) is 18.1. The highest BCUT2D eigenvalue weighted by Gasteiger charge is 2.49. The van der Waals surface area contributed by atoms with E-state index in [9.17, 15) is 9.59 Å². The zero-order chi connectivity index (χ0) is 25.4. The first-order valence-electron chi connectivity index (χ1n) is 12.2. The molecule has 11 nitrogen and oxygen atoms in total. The molecule has 4 heterocycles. The number of carbonyl (C=O) groups is 2. The minimum absolute atomic E-state index is 0.0311. The van der Waals surface area contributed by atoms with E-state index in [0.29, 0.717) is 49.6 Å². The van der Waals surface area contributed by atoms with Crippen molar-refractivity contribution in [3.8, 4) is 28.3 Å². The normalized spacial score (nSPS) is 16.9. The lowest BCUT2D eigenvalue weighted by Gasteiger charge is -2.38. The molecule has 0 aliphatic carbocycles. The minimum atomic E-state index is -0.435. The molecule has 0 bridgehead atoms. The fraction of sp³-hybridized carbons (Fsp3) is 0.308. The Morgan fingerprint density at radius 3 is 2.49 bits per heavy atom. The molecule has 2 N–H and O–H groups in total. The molecule has 1 spiro atoms. The van der Waals surface area contributed by atoms with E-state index in [4.69, 9.17) is 4.74 Å². The molecule has 37 heavy (non-hydrogen) atoms. The Morgan fingerprint density at radius 1 is 1.03 bits per heavy atom. The van der Waals surface area contributed by atoms with Crippen LogP contribution in [-0.4, -0.2) is 74.3 Å². The molecule has 2 aliphatic heterocycles. The third-order valence-corrected chi connectivity index (χ3v) is 7.56. The summed E-state index contributed by atoms with van der Waals surface area (Å²) in [5.41, 5.74) is 3.62. The molecule has 2 amide bonds. The smallest absolute Gasteiger partial charge is 0.253 e. The van der Waals surface area contributed by atoms with Crippen molar-refractivity contribution in [1.29, 1.82) is 0 Å². The van der Waals surface area contributed by atoms with Gasteiger partial charge in [0, 0.05) is 59.8 Å². The topological polar surface area (TPSA) is 133 Å². The Morgan fingerprint density at radius 2 is 1.81 bits per heavy atom. The third kappa shape index (κ3) is 4.02. The average molecular weight is 499 g/mol. The number of hydrogen-bond acceptors (Lipinski definition) is 7. The van der Waals surface area contributed by atoms with Crippen LogP contribution in [0, 0.1) is 5.41 Å². The van der Waals surface area contributed by atoms with Crippen LogP contribution in [0.3, 0.4) is 0 Å². The molecule has 0 saturated carbocycles. The predicted octanol–water partition coefficient (Wildman–Crippen LogP) is 2.92. The van der Waals surface area contributed by atoms with E-state index >= 15 is 0 Å². The van der Waals surface area contributed by atoms with Crippen LogP contribution >= 0.6 is 0 Å². The van der Waals surface area contributed by atoms with Crippen LogP contribution in [0.1, 0.15) is 29.6 Å². The third-order valence-electron chi connectivity index (χ3n) is 7.56. The molecule has 0 radical (unpaired) electrons. The maximum Gasteiger partial charge on any atom is 0.253 e. The summed E-state index contributed by atoms with van der Waals surface area (Å²) in [5.74, 6) is 1.27. The van der Waals surface area contributed by atoms with Crippen molar-refractivity contribution in [2.45, 2.75) is 19.3 Å². The summed E-state index contributed by atoms with van der Waals surface area (Å²) in [6.07, 6.45) is 5.63. The van der Waals surface area contributed by atoms with Crippen molar-refractivity contribution in [3.05, 3.63) is 60.4 Å². The monoisotopic (exact) mass is 498 g/mol. The van der Waals surface area contributed by atoms with Gasteiger partial charge in [-0.25, -0.2) is 0 Å². The highest BCUT2D eigenvalue weighted by atomic mass is 16.5. The van der Waals surface area contributed by atoms with Gasteiger partial charge in [-0.05, 0) is 48.7 Å². The van der Waals surface area contributed by atoms with E-state index < -0.39 is 5.41 Å². The van der Waals surface area contributed by atoms with Crippen molar-refractivity contribution in [1.82, 2.24) is 35.7 Å². The molecule has 4 aromatic rings. The van der Waals surface area contributed by atoms with Crippen LogP contribution in [0.4, 0.5) is 5.69 Å². The van der Waals surface area contributed by atoms with Gasteiger partial charge in [0.15, 0.2) is 0 Å². The fourth-order valence-corrected chi connectivity index (χ4v) is 5.38. The number of H-pyrrole nitrogens is 2. The quantitative estimate of drug-likeness (QED) is 0.432. The van der Waals surface area contributed by atoms with Crippen LogP contribution in [0.5, 0.6) is 5.75 Å². The number of nitrogens with one attached hydrogen (secondary N) is 2. The Hall–Kier alpha value is -4.54. The largest absolute Gasteiger partial charge is 0.496 e. The second-order valence-corrected chi connectivity index (χ2v) is 9.46. The second-order valence-electron chi connectivity index (χ2n) is 9.46. The van der Waals surface area contributed by atoms with Gasteiger partial charge >= 0.3 is 0 Å².